The number of carbonyl (C=O) groups is 1. The number of thiazole rings is 2. The van der Waals surface area contributed by atoms with Crippen LogP contribution in [-0.4, -0.2) is 37.2 Å². The summed E-state index contributed by atoms with van der Waals surface area (Å²) < 4.78 is 31.0. The van der Waals surface area contributed by atoms with Gasteiger partial charge in [-0.2, -0.15) is 0 Å². The highest BCUT2D eigenvalue weighted by molar-refractivity contribution is 7.91. The zero-order valence-electron chi connectivity index (χ0n) is 16.6. The molecule has 0 saturated carbocycles. The second kappa shape index (κ2) is 9.13. The summed E-state index contributed by atoms with van der Waals surface area (Å²) in [5.74, 6) is 0.212. The molecule has 1 N–H and O–H groups in total. The Labute approximate surface area is 187 Å². The van der Waals surface area contributed by atoms with Crippen LogP contribution in [0.4, 0.5) is 5.13 Å². The van der Waals surface area contributed by atoms with Gasteiger partial charge in [-0.1, -0.05) is 12.1 Å². The number of rotatable bonds is 8. The molecule has 2 aromatic heterocycles. The second-order valence-corrected chi connectivity index (χ2v) is 10.7. The van der Waals surface area contributed by atoms with Crippen LogP contribution in [0.1, 0.15) is 12.8 Å². The predicted molar refractivity (Wildman–Crippen MR) is 124 cm³/mol. The molecule has 7 nitrogen and oxygen atoms in total. The molecule has 0 bridgehead atoms. The highest BCUT2D eigenvalue weighted by atomic mass is 32.2. The summed E-state index contributed by atoms with van der Waals surface area (Å²) in [4.78, 5) is 21.5. The van der Waals surface area contributed by atoms with Gasteiger partial charge in [-0.3, -0.25) is 4.79 Å². The van der Waals surface area contributed by atoms with Crippen LogP contribution < -0.4 is 10.1 Å². The van der Waals surface area contributed by atoms with Crippen molar-refractivity contribution in [3.05, 3.63) is 53.9 Å². The van der Waals surface area contributed by atoms with Crippen molar-refractivity contribution in [3.63, 3.8) is 0 Å². The van der Waals surface area contributed by atoms with Gasteiger partial charge in [0.05, 0.1) is 28.0 Å². The van der Waals surface area contributed by atoms with E-state index in [0.717, 1.165) is 15.2 Å². The minimum absolute atomic E-state index is 0.0887. The zero-order valence-corrected chi connectivity index (χ0v) is 19.0. The van der Waals surface area contributed by atoms with Crippen LogP contribution in [-0.2, 0) is 14.6 Å². The molecule has 10 heteroatoms. The minimum Gasteiger partial charge on any atom is -0.497 e. The highest BCUT2D eigenvalue weighted by Crippen LogP contribution is 2.32. The quantitative estimate of drug-likeness (QED) is 0.401. The molecule has 0 fully saturated rings. The average molecular weight is 474 g/mol. The Morgan fingerprint density at radius 2 is 1.87 bits per heavy atom. The molecule has 2 aromatic carbocycles. The number of methoxy groups -OCH3 is 1. The number of para-hydroxylation sites is 1. The number of nitrogens with one attached hydrogen (secondary N) is 1. The highest BCUT2D eigenvalue weighted by Gasteiger charge is 2.16. The summed E-state index contributed by atoms with van der Waals surface area (Å²) in [6, 6.07) is 14.1. The van der Waals surface area contributed by atoms with E-state index >= 15 is 0 Å². The van der Waals surface area contributed by atoms with E-state index in [0.29, 0.717) is 16.6 Å². The van der Waals surface area contributed by atoms with Crippen molar-refractivity contribution in [2.24, 2.45) is 0 Å². The Bertz CT molecular complexity index is 1280. The van der Waals surface area contributed by atoms with Crippen molar-refractivity contribution in [1.82, 2.24) is 9.97 Å². The molecule has 0 spiro atoms. The van der Waals surface area contributed by atoms with E-state index in [4.69, 9.17) is 4.74 Å². The van der Waals surface area contributed by atoms with Gasteiger partial charge in [-0.15, -0.1) is 22.7 Å². The Kier molecular flexibility index (Phi) is 6.30. The van der Waals surface area contributed by atoms with Crippen molar-refractivity contribution in [3.8, 4) is 16.5 Å². The summed E-state index contributed by atoms with van der Waals surface area (Å²) in [6.45, 7) is 0. The third kappa shape index (κ3) is 5.09. The predicted octanol–water partition coefficient (Wildman–Crippen LogP) is 4.62. The van der Waals surface area contributed by atoms with Gasteiger partial charge in [0.15, 0.2) is 15.0 Å². The topological polar surface area (TPSA) is 98.2 Å². The van der Waals surface area contributed by atoms with E-state index in [2.05, 4.69) is 15.3 Å². The molecule has 0 aliphatic carbocycles. The summed E-state index contributed by atoms with van der Waals surface area (Å²) in [5, 5.41) is 5.85. The fraction of sp³-hybridized carbons (Fsp3) is 0.190. The summed E-state index contributed by atoms with van der Waals surface area (Å²) in [6.07, 6.45) is 0.307. The lowest BCUT2D eigenvalue weighted by Gasteiger charge is -2.06. The number of amides is 1. The third-order valence-corrected chi connectivity index (χ3v) is 8.13. The van der Waals surface area contributed by atoms with Crippen LogP contribution in [0.2, 0.25) is 0 Å². The van der Waals surface area contributed by atoms with Crippen molar-refractivity contribution >= 4 is 53.8 Å². The standard InChI is InChI=1S/C21H19N3O4S3/c1-28-14-8-10-15(11-9-14)31(26,27)12-4-7-19(25)24-21-23-17(13-29-21)20-22-16-5-2-3-6-18(16)30-20/h2-3,5-6,8-11,13H,4,7,12H2,1H3,(H,23,24,25). The molecule has 0 radical (unpaired) electrons. The molecule has 0 unspecified atom stereocenters. The third-order valence-electron chi connectivity index (χ3n) is 4.50. The molecule has 0 atom stereocenters. The maximum atomic E-state index is 12.4. The van der Waals surface area contributed by atoms with E-state index in [1.54, 1.807) is 23.5 Å². The molecule has 4 aromatic rings. The first-order chi connectivity index (χ1) is 14.9. The molecular weight excluding hydrogens is 454 g/mol. The number of fused-ring (bicyclic) bond motifs is 1. The number of carbonyl (C=O) groups excluding carboxylic acids is 1. The lowest BCUT2D eigenvalue weighted by molar-refractivity contribution is -0.116. The Balaban J connectivity index is 1.32. The first-order valence-corrected chi connectivity index (χ1v) is 12.8. The molecule has 1 amide bonds. The Hall–Kier alpha value is -2.82. The number of nitrogens with zero attached hydrogens (tertiary/aromatic N) is 2. The first kappa shape index (κ1) is 21.4. The fourth-order valence-corrected chi connectivity index (χ4v) is 5.94. The van der Waals surface area contributed by atoms with Crippen LogP contribution in [0, 0.1) is 0 Å². The number of anilines is 1. The number of ether oxygens (including phenoxy) is 1. The van der Waals surface area contributed by atoms with Crippen molar-refractivity contribution in [1.29, 1.82) is 0 Å². The number of sulfone groups is 1. The molecule has 4 rings (SSSR count). The average Bonchev–Trinajstić information content (AvgIpc) is 3.40. The zero-order chi connectivity index (χ0) is 21.8. The van der Waals surface area contributed by atoms with Gasteiger partial charge in [0.1, 0.15) is 16.5 Å². The SMILES string of the molecule is COc1ccc(S(=O)(=O)CCCC(=O)Nc2nc(-c3nc4ccccc4s3)cs2)cc1. The van der Waals surface area contributed by atoms with Gasteiger partial charge >= 0.3 is 0 Å². The van der Waals surface area contributed by atoms with Gasteiger partial charge < -0.3 is 10.1 Å². The van der Waals surface area contributed by atoms with Gasteiger partial charge in [0.2, 0.25) is 5.91 Å². The monoisotopic (exact) mass is 473 g/mol. The molecule has 0 aliphatic heterocycles. The Morgan fingerprint density at radius 1 is 1.10 bits per heavy atom. The van der Waals surface area contributed by atoms with Gasteiger partial charge in [0.25, 0.3) is 0 Å². The van der Waals surface area contributed by atoms with Gasteiger partial charge in [-0.25, -0.2) is 18.4 Å². The van der Waals surface area contributed by atoms with E-state index in [1.165, 1.54) is 30.6 Å². The van der Waals surface area contributed by atoms with E-state index in [9.17, 15) is 13.2 Å². The summed E-state index contributed by atoms with van der Waals surface area (Å²) in [5.41, 5.74) is 1.63. The molecular formula is C21H19N3O4S3. The molecule has 2 heterocycles. The summed E-state index contributed by atoms with van der Waals surface area (Å²) in [7, 11) is -1.93. The van der Waals surface area contributed by atoms with Crippen molar-refractivity contribution in [2.45, 2.75) is 17.7 Å². The maximum Gasteiger partial charge on any atom is 0.226 e. The van der Waals surface area contributed by atoms with Crippen LogP contribution >= 0.6 is 22.7 Å². The van der Waals surface area contributed by atoms with Crippen LogP contribution in [0.25, 0.3) is 20.9 Å². The lowest BCUT2D eigenvalue weighted by atomic mass is 10.3. The van der Waals surface area contributed by atoms with Crippen molar-refractivity contribution in [2.75, 3.05) is 18.2 Å². The van der Waals surface area contributed by atoms with Crippen molar-refractivity contribution < 1.29 is 17.9 Å². The van der Waals surface area contributed by atoms with Crippen LogP contribution in [0.15, 0.2) is 58.8 Å². The molecule has 31 heavy (non-hydrogen) atoms. The van der Waals surface area contributed by atoms with E-state index in [1.807, 2.05) is 29.6 Å². The van der Waals surface area contributed by atoms with Crippen LogP contribution in [0.3, 0.4) is 0 Å². The number of benzene rings is 2. The smallest absolute Gasteiger partial charge is 0.226 e. The lowest BCUT2D eigenvalue weighted by Crippen LogP contribution is -2.14. The van der Waals surface area contributed by atoms with E-state index in [-0.39, 0.29) is 29.4 Å². The molecule has 160 valence electrons. The minimum atomic E-state index is -3.45. The normalized spacial score (nSPS) is 11.5. The van der Waals surface area contributed by atoms with Gasteiger partial charge in [0, 0.05) is 11.8 Å². The number of hydrogen-bond acceptors (Lipinski definition) is 8. The molecule has 0 aliphatic rings. The van der Waals surface area contributed by atoms with E-state index < -0.39 is 9.84 Å². The number of aromatic nitrogens is 2. The second-order valence-electron chi connectivity index (χ2n) is 6.67. The molecule has 0 saturated heterocycles. The van der Waals surface area contributed by atoms with Crippen LogP contribution in [0.5, 0.6) is 5.75 Å². The summed E-state index contributed by atoms with van der Waals surface area (Å²) >= 11 is 2.86. The Morgan fingerprint density at radius 3 is 2.61 bits per heavy atom. The maximum absolute atomic E-state index is 12.4. The largest absolute Gasteiger partial charge is 0.497 e. The fourth-order valence-electron chi connectivity index (χ4n) is 2.92. The number of hydrogen-bond donors (Lipinski definition) is 1. The first-order valence-electron chi connectivity index (χ1n) is 9.43. The van der Waals surface area contributed by atoms with Gasteiger partial charge in [-0.05, 0) is 42.8 Å².